The molecule has 1 rings (SSSR count). The van der Waals surface area contributed by atoms with Crippen molar-refractivity contribution in [2.75, 3.05) is 0 Å². The maximum Gasteiger partial charge on any atom is 0.0573 e. The van der Waals surface area contributed by atoms with E-state index >= 15 is 0 Å². The summed E-state index contributed by atoms with van der Waals surface area (Å²) in [4.78, 5) is 4.40. The third-order valence-electron chi connectivity index (χ3n) is 4.54. The molecule has 0 spiro atoms. The van der Waals surface area contributed by atoms with Gasteiger partial charge >= 0.3 is 0 Å². The number of rotatable bonds is 1. The van der Waals surface area contributed by atoms with Crippen LogP contribution in [0.3, 0.4) is 0 Å². The normalized spacial score (nSPS) is 28.6. The predicted octanol–water partition coefficient (Wildman–Crippen LogP) is 4.85. The molecular weight excluding hydrogens is 194 g/mol. The SMILES string of the molecule is C=NC1(C)CCC(C)(C)CCC(C)(C)CC1. The van der Waals surface area contributed by atoms with Gasteiger partial charge in [-0.3, -0.25) is 4.99 Å². The monoisotopic (exact) mass is 223 g/mol. The highest BCUT2D eigenvalue weighted by atomic mass is 14.8. The van der Waals surface area contributed by atoms with Gasteiger partial charge in [0.15, 0.2) is 0 Å². The quantitative estimate of drug-likeness (QED) is 0.563. The summed E-state index contributed by atoms with van der Waals surface area (Å²) in [5.41, 5.74) is 1.04. The van der Waals surface area contributed by atoms with Crippen LogP contribution in [0.5, 0.6) is 0 Å². The molecule has 0 heterocycles. The lowest BCUT2D eigenvalue weighted by Gasteiger charge is -2.29. The topological polar surface area (TPSA) is 12.4 Å². The van der Waals surface area contributed by atoms with E-state index < -0.39 is 0 Å². The zero-order chi connectivity index (χ0) is 12.4. The molecule has 94 valence electrons. The van der Waals surface area contributed by atoms with Crippen LogP contribution in [0, 0.1) is 10.8 Å². The number of hydrogen-bond donors (Lipinski definition) is 0. The first-order valence-electron chi connectivity index (χ1n) is 6.66. The number of hydrogen-bond acceptors (Lipinski definition) is 1. The van der Waals surface area contributed by atoms with Crippen LogP contribution in [0.4, 0.5) is 0 Å². The van der Waals surface area contributed by atoms with Gasteiger partial charge in [0.05, 0.1) is 5.54 Å². The van der Waals surface area contributed by atoms with Gasteiger partial charge in [-0.1, -0.05) is 27.7 Å². The summed E-state index contributed by atoms with van der Waals surface area (Å²) in [6.07, 6.45) is 7.62. The van der Waals surface area contributed by atoms with E-state index in [9.17, 15) is 0 Å². The van der Waals surface area contributed by atoms with Crippen LogP contribution in [0.15, 0.2) is 4.99 Å². The Hall–Kier alpha value is -0.330. The molecule has 0 unspecified atom stereocenters. The molecule has 1 fully saturated rings. The van der Waals surface area contributed by atoms with Crippen LogP contribution < -0.4 is 0 Å². The molecule has 0 saturated heterocycles. The molecule has 0 aromatic carbocycles. The van der Waals surface area contributed by atoms with Gasteiger partial charge in [0, 0.05) is 0 Å². The van der Waals surface area contributed by atoms with Gasteiger partial charge in [-0.25, -0.2) is 0 Å². The molecule has 1 nitrogen and oxygen atoms in total. The lowest BCUT2D eigenvalue weighted by atomic mass is 9.77. The van der Waals surface area contributed by atoms with Gasteiger partial charge in [-0.15, -0.1) is 0 Å². The van der Waals surface area contributed by atoms with Crippen LogP contribution in [-0.2, 0) is 0 Å². The summed E-state index contributed by atoms with van der Waals surface area (Å²) in [6, 6.07) is 0. The first-order chi connectivity index (χ1) is 7.18. The second-order valence-electron chi connectivity index (χ2n) is 7.48. The minimum Gasteiger partial charge on any atom is -0.295 e. The molecule has 0 atom stereocenters. The molecular formula is C15H29N. The van der Waals surface area contributed by atoms with Crippen molar-refractivity contribution in [3.8, 4) is 0 Å². The van der Waals surface area contributed by atoms with Gasteiger partial charge in [0.25, 0.3) is 0 Å². The standard InChI is InChI=1S/C15H29N/c1-13(2)7-8-14(3,4)10-12-15(5,16-6)11-9-13/h6-12H2,1-5H3. The van der Waals surface area contributed by atoms with Gasteiger partial charge < -0.3 is 0 Å². The van der Waals surface area contributed by atoms with Crippen molar-refractivity contribution in [2.45, 2.75) is 78.7 Å². The maximum atomic E-state index is 4.40. The third-order valence-corrected chi connectivity index (χ3v) is 4.54. The first-order valence-corrected chi connectivity index (χ1v) is 6.66. The van der Waals surface area contributed by atoms with Crippen molar-refractivity contribution in [3.63, 3.8) is 0 Å². The number of aliphatic imine (C=N–C) groups is 1. The summed E-state index contributed by atoms with van der Waals surface area (Å²) in [7, 11) is 0. The molecule has 1 heteroatoms. The van der Waals surface area contributed by atoms with E-state index in [0.717, 1.165) is 0 Å². The Morgan fingerprint density at radius 3 is 1.31 bits per heavy atom. The average molecular weight is 223 g/mol. The lowest BCUT2D eigenvalue weighted by molar-refractivity contribution is 0.228. The molecule has 0 aliphatic heterocycles. The van der Waals surface area contributed by atoms with E-state index in [2.05, 4.69) is 46.3 Å². The Balaban J connectivity index is 2.82. The van der Waals surface area contributed by atoms with Crippen molar-refractivity contribution in [2.24, 2.45) is 15.8 Å². The van der Waals surface area contributed by atoms with Crippen LogP contribution in [0.2, 0.25) is 0 Å². The van der Waals surface area contributed by atoms with E-state index in [0.29, 0.717) is 10.8 Å². The highest BCUT2D eigenvalue weighted by Gasteiger charge is 2.33. The van der Waals surface area contributed by atoms with Crippen molar-refractivity contribution in [3.05, 3.63) is 0 Å². The fraction of sp³-hybridized carbons (Fsp3) is 0.933. The summed E-state index contributed by atoms with van der Waals surface area (Å²) >= 11 is 0. The lowest BCUT2D eigenvalue weighted by Crippen LogP contribution is -2.24. The smallest absolute Gasteiger partial charge is 0.0573 e. The highest BCUT2D eigenvalue weighted by molar-refractivity contribution is 5.25. The first kappa shape index (κ1) is 13.7. The van der Waals surface area contributed by atoms with Crippen LogP contribution in [-0.4, -0.2) is 12.3 Å². The van der Waals surface area contributed by atoms with Gasteiger partial charge in [-0.2, -0.15) is 0 Å². The van der Waals surface area contributed by atoms with Gasteiger partial charge in [0.2, 0.25) is 0 Å². The van der Waals surface area contributed by atoms with Crippen molar-refractivity contribution < 1.29 is 0 Å². The minimum absolute atomic E-state index is 0.110. The molecule has 0 N–H and O–H groups in total. The Kier molecular flexibility index (Phi) is 3.87. The zero-order valence-corrected chi connectivity index (χ0v) is 11.9. The summed E-state index contributed by atoms with van der Waals surface area (Å²) in [5.74, 6) is 0. The van der Waals surface area contributed by atoms with Crippen molar-refractivity contribution in [1.82, 2.24) is 0 Å². The highest BCUT2D eigenvalue weighted by Crippen LogP contribution is 2.42. The minimum atomic E-state index is 0.110. The van der Waals surface area contributed by atoms with Crippen LogP contribution in [0.25, 0.3) is 0 Å². The molecule has 1 aliphatic rings. The van der Waals surface area contributed by atoms with Gasteiger partial charge in [-0.05, 0) is 63.0 Å². The Labute approximate surface area is 102 Å². The third kappa shape index (κ3) is 3.92. The van der Waals surface area contributed by atoms with E-state index in [-0.39, 0.29) is 5.54 Å². The second-order valence-corrected chi connectivity index (χ2v) is 7.48. The summed E-state index contributed by atoms with van der Waals surface area (Å²) < 4.78 is 0. The van der Waals surface area contributed by atoms with Crippen molar-refractivity contribution >= 4 is 6.72 Å². The maximum absolute atomic E-state index is 4.40. The second kappa shape index (κ2) is 4.50. The molecule has 1 saturated carbocycles. The van der Waals surface area contributed by atoms with Crippen LogP contribution in [0.1, 0.15) is 73.1 Å². The molecule has 0 bridgehead atoms. The molecule has 0 aromatic rings. The molecule has 0 aromatic heterocycles. The van der Waals surface area contributed by atoms with Gasteiger partial charge in [0.1, 0.15) is 0 Å². The van der Waals surface area contributed by atoms with E-state index in [4.69, 9.17) is 0 Å². The average Bonchev–Trinajstić information content (AvgIpc) is 2.24. The van der Waals surface area contributed by atoms with Crippen LogP contribution >= 0.6 is 0 Å². The largest absolute Gasteiger partial charge is 0.295 e. The number of nitrogens with zero attached hydrogens (tertiary/aromatic N) is 1. The molecule has 0 amide bonds. The molecule has 1 aliphatic carbocycles. The fourth-order valence-corrected chi connectivity index (χ4v) is 2.43. The Morgan fingerprint density at radius 1 is 0.688 bits per heavy atom. The predicted molar refractivity (Wildman–Crippen MR) is 73.2 cm³/mol. The van der Waals surface area contributed by atoms with E-state index in [1.807, 2.05) is 0 Å². The van der Waals surface area contributed by atoms with E-state index in [1.165, 1.54) is 38.5 Å². The Morgan fingerprint density at radius 2 is 1.00 bits per heavy atom. The fourth-order valence-electron chi connectivity index (χ4n) is 2.43. The summed E-state index contributed by atoms with van der Waals surface area (Å²) in [5, 5.41) is 0. The van der Waals surface area contributed by atoms with Crippen molar-refractivity contribution in [1.29, 1.82) is 0 Å². The Bertz CT molecular complexity index is 230. The molecule has 16 heavy (non-hydrogen) atoms. The zero-order valence-electron chi connectivity index (χ0n) is 11.9. The molecule has 0 radical (unpaired) electrons. The van der Waals surface area contributed by atoms with E-state index in [1.54, 1.807) is 0 Å². The summed E-state index contributed by atoms with van der Waals surface area (Å²) in [6.45, 7) is 15.7.